The van der Waals surface area contributed by atoms with Gasteiger partial charge in [-0.05, 0) is 23.8 Å². The smallest absolute Gasteiger partial charge is 0.405 e. The van der Waals surface area contributed by atoms with Gasteiger partial charge in [-0.3, -0.25) is 9.59 Å². The molecule has 0 radical (unpaired) electrons. The van der Waals surface area contributed by atoms with Gasteiger partial charge in [0.2, 0.25) is 0 Å². The molecule has 3 rings (SSSR count). The SMILES string of the molecule is O=C(NCC(F)(F)F)c1ccc(-n2cc(C(=O)NCCSCc3ccccc3)nn2)c(OCCOCCF)c1. The van der Waals surface area contributed by atoms with Crippen LogP contribution in [-0.2, 0) is 10.5 Å². The van der Waals surface area contributed by atoms with Crippen molar-refractivity contribution in [1.82, 2.24) is 25.6 Å². The summed E-state index contributed by atoms with van der Waals surface area (Å²) in [6.07, 6.45) is -3.21. The van der Waals surface area contributed by atoms with Crippen LogP contribution < -0.4 is 15.4 Å². The first kappa shape index (κ1) is 29.9. The largest absolute Gasteiger partial charge is 0.489 e. The van der Waals surface area contributed by atoms with Crippen LogP contribution in [0.5, 0.6) is 5.75 Å². The van der Waals surface area contributed by atoms with E-state index in [1.54, 1.807) is 17.1 Å². The summed E-state index contributed by atoms with van der Waals surface area (Å²) < 4.78 is 61.6. The van der Waals surface area contributed by atoms with E-state index in [1.165, 1.54) is 34.6 Å². The van der Waals surface area contributed by atoms with Gasteiger partial charge in [-0.15, -0.1) is 5.10 Å². The average Bonchev–Trinajstić information content (AvgIpc) is 3.42. The second kappa shape index (κ2) is 15.1. The molecule has 0 aliphatic heterocycles. The van der Waals surface area contributed by atoms with Crippen LogP contribution in [0.3, 0.4) is 0 Å². The molecule has 1 aromatic heterocycles. The van der Waals surface area contributed by atoms with Crippen LogP contribution in [0, 0.1) is 0 Å². The predicted octanol–water partition coefficient (Wildman–Crippen LogP) is 3.59. The summed E-state index contributed by atoms with van der Waals surface area (Å²) >= 11 is 1.67. The minimum Gasteiger partial charge on any atom is -0.489 e. The maximum absolute atomic E-state index is 12.5. The first-order valence-electron chi connectivity index (χ1n) is 11.8. The molecule has 1 heterocycles. The van der Waals surface area contributed by atoms with Crippen molar-refractivity contribution < 1.29 is 36.6 Å². The number of nitrogens with zero attached hydrogens (tertiary/aromatic N) is 3. The molecule has 3 aromatic rings. The molecule has 0 aliphatic carbocycles. The van der Waals surface area contributed by atoms with Gasteiger partial charge in [-0.2, -0.15) is 24.9 Å². The van der Waals surface area contributed by atoms with E-state index in [1.807, 2.05) is 30.3 Å². The molecule has 0 aliphatic rings. The maximum Gasteiger partial charge on any atom is 0.405 e. The van der Waals surface area contributed by atoms with E-state index in [0.717, 1.165) is 5.75 Å². The minimum absolute atomic E-state index is 0.0289. The van der Waals surface area contributed by atoms with Crippen molar-refractivity contribution in [2.75, 3.05) is 45.3 Å². The number of rotatable bonds is 15. The highest BCUT2D eigenvalue weighted by molar-refractivity contribution is 7.98. The Morgan fingerprint density at radius 1 is 1.00 bits per heavy atom. The normalized spacial score (nSPS) is 11.3. The Morgan fingerprint density at radius 3 is 2.54 bits per heavy atom. The summed E-state index contributed by atoms with van der Waals surface area (Å²) in [5, 5.41) is 12.4. The highest BCUT2D eigenvalue weighted by atomic mass is 32.2. The van der Waals surface area contributed by atoms with Crippen LogP contribution in [0.15, 0.2) is 54.7 Å². The number of halogens is 4. The zero-order chi connectivity index (χ0) is 28.1. The number of amides is 2. The fourth-order valence-electron chi connectivity index (χ4n) is 3.19. The lowest BCUT2D eigenvalue weighted by molar-refractivity contribution is -0.123. The monoisotopic (exact) mass is 569 g/mol. The average molecular weight is 570 g/mol. The molecular weight excluding hydrogens is 542 g/mol. The molecule has 14 heteroatoms. The molecule has 210 valence electrons. The van der Waals surface area contributed by atoms with Crippen LogP contribution in [0.2, 0.25) is 0 Å². The molecule has 9 nitrogen and oxygen atoms in total. The molecule has 39 heavy (non-hydrogen) atoms. The Morgan fingerprint density at radius 2 is 1.79 bits per heavy atom. The molecular formula is C25H27F4N5O4S. The molecule has 2 aromatic carbocycles. The summed E-state index contributed by atoms with van der Waals surface area (Å²) in [4.78, 5) is 24.7. The maximum atomic E-state index is 12.5. The summed E-state index contributed by atoms with van der Waals surface area (Å²) in [5.41, 5.74) is 1.41. The van der Waals surface area contributed by atoms with Crippen molar-refractivity contribution >= 4 is 23.6 Å². The molecule has 2 amide bonds. The number of ether oxygens (including phenoxy) is 2. The van der Waals surface area contributed by atoms with E-state index < -0.39 is 31.2 Å². The number of carbonyl (C=O) groups is 2. The van der Waals surface area contributed by atoms with Gasteiger partial charge in [-0.25, -0.2) is 9.07 Å². The molecule has 0 atom stereocenters. The Balaban J connectivity index is 1.63. The molecule has 0 saturated carbocycles. The third-order valence-corrected chi connectivity index (χ3v) is 6.02. The molecule has 2 N–H and O–H groups in total. The van der Waals surface area contributed by atoms with Crippen LogP contribution in [-0.4, -0.2) is 78.3 Å². The summed E-state index contributed by atoms with van der Waals surface area (Å²) in [6, 6.07) is 13.9. The number of carbonyl (C=O) groups excluding carboxylic acids is 2. The van der Waals surface area contributed by atoms with Crippen LogP contribution in [0.1, 0.15) is 26.4 Å². The quantitative estimate of drug-likeness (QED) is 0.213. The van der Waals surface area contributed by atoms with Crippen molar-refractivity contribution in [2.45, 2.75) is 11.9 Å². The van der Waals surface area contributed by atoms with Crippen molar-refractivity contribution in [2.24, 2.45) is 0 Å². The van der Waals surface area contributed by atoms with E-state index in [4.69, 9.17) is 9.47 Å². The van der Waals surface area contributed by atoms with Crippen molar-refractivity contribution in [3.63, 3.8) is 0 Å². The third kappa shape index (κ3) is 10.2. The standard InChI is InChI=1S/C25H27F4N5O4S/c26-8-10-37-11-12-38-22-14-19(23(35)31-17-25(27,28)29)6-7-21(22)34-15-20(32-33-34)24(36)30-9-13-39-16-18-4-2-1-3-5-18/h1-7,14-15H,8-13,16-17H2,(H,30,36)(H,31,35). The topological polar surface area (TPSA) is 107 Å². The van der Waals surface area contributed by atoms with E-state index in [-0.39, 0.29) is 42.5 Å². The number of nitrogens with one attached hydrogen (secondary N) is 2. The molecule has 0 saturated heterocycles. The van der Waals surface area contributed by atoms with Gasteiger partial charge in [-0.1, -0.05) is 35.5 Å². The van der Waals surface area contributed by atoms with Gasteiger partial charge in [0.05, 0.1) is 19.4 Å². The zero-order valence-electron chi connectivity index (χ0n) is 20.7. The Labute approximate surface area is 226 Å². The van der Waals surface area contributed by atoms with Crippen molar-refractivity contribution in [3.05, 3.63) is 71.5 Å². The number of benzene rings is 2. The number of hydrogen-bond acceptors (Lipinski definition) is 7. The lowest BCUT2D eigenvalue weighted by Gasteiger charge is -2.14. The second-order valence-electron chi connectivity index (χ2n) is 7.97. The Hall–Kier alpha value is -3.65. The summed E-state index contributed by atoms with van der Waals surface area (Å²) in [7, 11) is 0. The molecule has 0 fully saturated rings. The van der Waals surface area contributed by atoms with Crippen LogP contribution in [0.4, 0.5) is 17.6 Å². The van der Waals surface area contributed by atoms with Gasteiger partial charge in [0.1, 0.15) is 31.3 Å². The second-order valence-corrected chi connectivity index (χ2v) is 9.08. The Kier molecular flexibility index (Phi) is 11.6. The molecule has 0 unspecified atom stereocenters. The summed E-state index contributed by atoms with van der Waals surface area (Å²) in [6.45, 7) is -1.88. The molecule has 0 spiro atoms. The van der Waals surface area contributed by atoms with Crippen LogP contribution in [0.25, 0.3) is 5.69 Å². The van der Waals surface area contributed by atoms with Crippen LogP contribution >= 0.6 is 11.8 Å². The highest BCUT2D eigenvalue weighted by Crippen LogP contribution is 2.25. The van der Waals surface area contributed by atoms with Crippen molar-refractivity contribution in [3.8, 4) is 11.4 Å². The number of thioether (sulfide) groups is 1. The van der Waals surface area contributed by atoms with Gasteiger partial charge in [0, 0.05) is 23.6 Å². The number of hydrogen-bond donors (Lipinski definition) is 2. The lowest BCUT2D eigenvalue weighted by atomic mass is 10.1. The number of alkyl halides is 4. The van der Waals surface area contributed by atoms with Gasteiger partial charge >= 0.3 is 6.18 Å². The minimum atomic E-state index is -4.57. The predicted molar refractivity (Wildman–Crippen MR) is 137 cm³/mol. The zero-order valence-corrected chi connectivity index (χ0v) is 21.6. The van der Waals surface area contributed by atoms with E-state index >= 15 is 0 Å². The van der Waals surface area contributed by atoms with E-state index in [9.17, 15) is 27.2 Å². The first-order valence-corrected chi connectivity index (χ1v) is 13.0. The van der Waals surface area contributed by atoms with Gasteiger partial charge in [0.25, 0.3) is 11.8 Å². The summed E-state index contributed by atoms with van der Waals surface area (Å²) in [5.74, 6) is 0.189. The third-order valence-electron chi connectivity index (χ3n) is 4.99. The molecule has 0 bridgehead atoms. The fourth-order valence-corrected chi connectivity index (χ4v) is 4.01. The Bertz CT molecular complexity index is 1210. The number of aromatic nitrogens is 3. The van der Waals surface area contributed by atoms with E-state index in [0.29, 0.717) is 12.3 Å². The first-order chi connectivity index (χ1) is 18.8. The van der Waals surface area contributed by atoms with Crippen molar-refractivity contribution in [1.29, 1.82) is 0 Å². The van der Waals surface area contributed by atoms with Gasteiger partial charge < -0.3 is 20.1 Å². The highest BCUT2D eigenvalue weighted by Gasteiger charge is 2.28. The van der Waals surface area contributed by atoms with Gasteiger partial charge in [0.15, 0.2) is 5.69 Å². The van der Waals surface area contributed by atoms with E-state index in [2.05, 4.69) is 15.6 Å². The fraction of sp³-hybridized carbons (Fsp3) is 0.360. The lowest BCUT2D eigenvalue weighted by Crippen LogP contribution is -2.33.